The number of carboxylic acid groups (broad SMARTS) is 1. The largest absolute Gasteiger partial charge is 0.483 e. The highest BCUT2D eigenvalue weighted by molar-refractivity contribution is 6.00. The van der Waals surface area contributed by atoms with Crippen molar-refractivity contribution in [2.45, 2.75) is 39.7 Å². The molecular weight excluding hydrogens is 428 g/mol. The van der Waals surface area contributed by atoms with Gasteiger partial charge in [-0.2, -0.15) is 4.98 Å². The summed E-state index contributed by atoms with van der Waals surface area (Å²) in [6.45, 7) is 7.57. The van der Waals surface area contributed by atoms with Crippen molar-refractivity contribution in [2.24, 2.45) is 5.73 Å². The molecule has 12 nitrogen and oxygen atoms in total. The zero-order valence-corrected chi connectivity index (χ0v) is 18.8. The molecule has 0 spiro atoms. The Morgan fingerprint density at radius 2 is 1.97 bits per heavy atom. The highest BCUT2D eigenvalue weighted by atomic mass is 16.5. The topological polar surface area (TPSA) is 170 Å². The van der Waals surface area contributed by atoms with Gasteiger partial charge in [0.1, 0.15) is 17.0 Å². The maximum absolute atomic E-state index is 12.3. The molecular formula is C21H28N8O4. The van der Waals surface area contributed by atoms with Crippen molar-refractivity contribution in [1.82, 2.24) is 29.7 Å². The van der Waals surface area contributed by atoms with E-state index in [1.165, 1.54) is 0 Å². The molecule has 33 heavy (non-hydrogen) atoms. The molecule has 1 fully saturated rings. The van der Waals surface area contributed by atoms with Crippen LogP contribution in [0.25, 0.3) is 17.0 Å². The summed E-state index contributed by atoms with van der Waals surface area (Å²) in [4.78, 5) is 38.9. The van der Waals surface area contributed by atoms with Crippen molar-refractivity contribution in [3.63, 3.8) is 0 Å². The van der Waals surface area contributed by atoms with Gasteiger partial charge in [0.15, 0.2) is 5.65 Å². The summed E-state index contributed by atoms with van der Waals surface area (Å²) >= 11 is 0. The minimum Gasteiger partial charge on any atom is -0.483 e. The van der Waals surface area contributed by atoms with E-state index in [0.29, 0.717) is 23.9 Å². The van der Waals surface area contributed by atoms with Crippen LogP contribution in [0.3, 0.4) is 0 Å². The summed E-state index contributed by atoms with van der Waals surface area (Å²) in [5.41, 5.74) is 9.01. The Morgan fingerprint density at radius 3 is 2.61 bits per heavy atom. The second-order valence-corrected chi connectivity index (χ2v) is 7.47. The molecule has 1 aliphatic rings. The van der Waals surface area contributed by atoms with Gasteiger partial charge in [0.25, 0.3) is 12.4 Å². The fraction of sp³-hybridized carbons (Fsp3) is 0.429. The van der Waals surface area contributed by atoms with E-state index in [1.54, 1.807) is 6.20 Å². The number of imidazole rings is 1. The Balaban J connectivity index is 0.000000968. The van der Waals surface area contributed by atoms with Crippen LogP contribution in [0.1, 0.15) is 41.5 Å². The number of fused-ring (bicyclic) bond motifs is 1. The van der Waals surface area contributed by atoms with E-state index in [4.69, 9.17) is 20.4 Å². The van der Waals surface area contributed by atoms with E-state index >= 15 is 0 Å². The molecule has 3 aromatic heterocycles. The normalized spacial score (nSPS) is 13.8. The average molecular weight is 457 g/mol. The van der Waals surface area contributed by atoms with Gasteiger partial charge in [-0.25, -0.2) is 15.0 Å². The van der Waals surface area contributed by atoms with Crippen molar-refractivity contribution in [2.75, 3.05) is 25.0 Å². The first-order chi connectivity index (χ1) is 15.9. The summed E-state index contributed by atoms with van der Waals surface area (Å²) < 4.78 is 7.54. The summed E-state index contributed by atoms with van der Waals surface area (Å²) in [5, 5.41) is 13.6. The minimum atomic E-state index is -0.664. The fourth-order valence-electron chi connectivity index (χ4n) is 3.69. The van der Waals surface area contributed by atoms with Crippen LogP contribution in [0.15, 0.2) is 12.4 Å². The smallest absolute Gasteiger partial charge is 0.290 e. The second kappa shape index (κ2) is 10.7. The predicted molar refractivity (Wildman–Crippen MR) is 121 cm³/mol. The van der Waals surface area contributed by atoms with Crippen LogP contribution in [0.5, 0.6) is 5.88 Å². The minimum absolute atomic E-state index is 0.121. The van der Waals surface area contributed by atoms with Crippen molar-refractivity contribution in [1.29, 1.82) is 0 Å². The molecule has 0 aromatic carbocycles. The number of nitrogens with zero attached hydrogens (tertiary/aromatic N) is 5. The lowest BCUT2D eigenvalue weighted by atomic mass is 10.1. The van der Waals surface area contributed by atoms with E-state index in [2.05, 4.69) is 30.6 Å². The highest BCUT2D eigenvalue weighted by Crippen LogP contribution is 2.29. The van der Waals surface area contributed by atoms with Crippen molar-refractivity contribution >= 4 is 24.0 Å². The van der Waals surface area contributed by atoms with Crippen LogP contribution in [-0.4, -0.2) is 67.6 Å². The number of rotatable bonds is 6. The lowest BCUT2D eigenvalue weighted by molar-refractivity contribution is -0.122. The number of nitrogens with two attached hydrogens (primary N) is 1. The molecule has 1 aliphatic heterocycles. The predicted octanol–water partition coefficient (Wildman–Crippen LogP) is 1.17. The lowest BCUT2D eigenvalue weighted by Gasteiger charge is -2.24. The SMILES string of the molecule is CCOc1nc(NC2CCNCC2)nc(-c2cn3cc(C)nc3c(C)n2)c1C(N)=O.O=CO. The third-order valence-corrected chi connectivity index (χ3v) is 5.04. The molecule has 4 rings (SSSR count). The molecule has 4 heterocycles. The van der Waals surface area contributed by atoms with Crippen LogP contribution >= 0.6 is 0 Å². The summed E-state index contributed by atoms with van der Waals surface area (Å²) in [6, 6.07) is 0.237. The maximum atomic E-state index is 12.3. The number of ether oxygens (including phenoxy) is 1. The van der Waals surface area contributed by atoms with Crippen LogP contribution in [0.4, 0.5) is 5.95 Å². The Kier molecular flexibility index (Phi) is 7.72. The molecule has 12 heteroatoms. The number of aromatic nitrogens is 5. The Labute approximate surface area is 190 Å². The number of hydrogen-bond donors (Lipinski definition) is 4. The molecule has 0 unspecified atom stereocenters. The summed E-state index contributed by atoms with van der Waals surface area (Å²) in [6.07, 6.45) is 5.60. The number of primary amides is 1. The van der Waals surface area contributed by atoms with Crippen molar-refractivity contribution < 1.29 is 19.4 Å². The highest BCUT2D eigenvalue weighted by Gasteiger charge is 2.24. The second-order valence-electron chi connectivity index (χ2n) is 7.47. The number of piperidine rings is 1. The van der Waals surface area contributed by atoms with Gasteiger partial charge in [0.05, 0.1) is 18.0 Å². The lowest BCUT2D eigenvalue weighted by Crippen LogP contribution is -2.35. The zero-order valence-electron chi connectivity index (χ0n) is 18.8. The van der Waals surface area contributed by atoms with E-state index < -0.39 is 5.91 Å². The van der Waals surface area contributed by atoms with E-state index in [9.17, 15) is 4.79 Å². The van der Waals surface area contributed by atoms with Gasteiger partial charge in [-0.05, 0) is 46.7 Å². The molecule has 0 atom stereocenters. The van der Waals surface area contributed by atoms with Crippen molar-refractivity contribution in [3.8, 4) is 17.3 Å². The number of aryl methyl sites for hydroxylation is 2. The molecule has 0 radical (unpaired) electrons. The van der Waals surface area contributed by atoms with Gasteiger partial charge in [0.2, 0.25) is 11.8 Å². The standard InChI is InChI=1S/C20H26N8O2.CH2O2/c1-4-30-19-15(17(21)29)16(26-20(27-19)25-13-5-7-22-8-6-13)14-10-28-9-11(2)23-18(28)12(3)24-14;2-1-3/h9-10,13,22H,4-8H2,1-3H3,(H2,21,29)(H,25,26,27);1H,(H,2,3). The Hall–Kier alpha value is -3.80. The van der Waals surface area contributed by atoms with E-state index in [-0.39, 0.29) is 24.0 Å². The Bertz CT molecular complexity index is 1140. The molecule has 3 aromatic rings. The van der Waals surface area contributed by atoms with Crippen LogP contribution < -0.4 is 21.1 Å². The first-order valence-corrected chi connectivity index (χ1v) is 10.6. The molecule has 5 N–H and O–H groups in total. The molecule has 0 aliphatic carbocycles. The Morgan fingerprint density at radius 1 is 1.27 bits per heavy atom. The number of nitrogens with one attached hydrogen (secondary N) is 2. The van der Waals surface area contributed by atoms with Gasteiger partial charge >= 0.3 is 0 Å². The first kappa shape index (κ1) is 23.9. The summed E-state index contributed by atoms with van der Waals surface area (Å²) in [7, 11) is 0. The van der Waals surface area contributed by atoms with E-state index in [1.807, 2.05) is 31.4 Å². The van der Waals surface area contributed by atoms with E-state index in [0.717, 1.165) is 43.0 Å². The van der Waals surface area contributed by atoms with Crippen molar-refractivity contribution in [3.05, 3.63) is 29.3 Å². The average Bonchev–Trinajstić information content (AvgIpc) is 3.15. The number of hydrogen-bond acceptors (Lipinski definition) is 9. The molecule has 0 bridgehead atoms. The van der Waals surface area contributed by atoms with Gasteiger partial charge in [-0.3, -0.25) is 9.59 Å². The zero-order chi connectivity index (χ0) is 24.0. The number of anilines is 1. The molecule has 0 saturated carbocycles. The third-order valence-electron chi connectivity index (χ3n) is 5.04. The maximum Gasteiger partial charge on any atom is 0.290 e. The monoisotopic (exact) mass is 456 g/mol. The van der Waals surface area contributed by atoms with Gasteiger partial charge in [0, 0.05) is 18.4 Å². The fourth-order valence-corrected chi connectivity index (χ4v) is 3.69. The quantitative estimate of drug-likeness (QED) is 0.395. The molecule has 1 saturated heterocycles. The van der Waals surface area contributed by atoms with Gasteiger partial charge in [-0.1, -0.05) is 0 Å². The van der Waals surface area contributed by atoms with Crippen LogP contribution in [-0.2, 0) is 4.79 Å². The van der Waals surface area contributed by atoms with Crippen LogP contribution in [0, 0.1) is 13.8 Å². The summed E-state index contributed by atoms with van der Waals surface area (Å²) in [5.74, 6) is -0.109. The third kappa shape index (κ3) is 5.52. The molecule has 1 amide bonds. The van der Waals surface area contributed by atoms with Gasteiger partial charge in [-0.15, -0.1) is 0 Å². The number of carbonyl (C=O) groups is 2. The number of carbonyl (C=O) groups excluding carboxylic acids is 1. The number of amides is 1. The molecule has 176 valence electrons. The first-order valence-electron chi connectivity index (χ1n) is 10.6. The van der Waals surface area contributed by atoms with Gasteiger partial charge < -0.3 is 30.6 Å². The van der Waals surface area contributed by atoms with Crippen LogP contribution in [0.2, 0.25) is 0 Å².